The second-order valence-electron chi connectivity index (χ2n) is 4.34. The van der Waals surface area contributed by atoms with Gasteiger partial charge in [-0.2, -0.15) is 0 Å². The van der Waals surface area contributed by atoms with E-state index in [2.05, 4.69) is 16.5 Å². The molecule has 0 unspecified atom stereocenters. The minimum Gasteiger partial charge on any atom is -0.490 e. The summed E-state index contributed by atoms with van der Waals surface area (Å²) in [5, 5.41) is 0. The highest BCUT2D eigenvalue weighted by Gasteiger charge is 2.05. The first kappa shape index (κ1) is 13.5. The number of aryl methyl sites for hydroxylation is 1. The lowest BCUT2D eigenvalue weighted by Crippen LogP contribution is -2.09. The van der Waals surface area contributed by atoms with E-state index in [1.165, 1.54) is 5.69 Å². The van der Waals surface area contributed by atoms with Gasteiger partial charge >= 0.3 is 0 Å². The standard InChI is InChI=1S/C15H20N2O2/c1-4-18-14-7-5-6-8-15(14)19-10-9-17-11-16-12(2)13(17)3/h5-8,11H,4,9-10H2,1-3H3. The molecule has 1 heterocycles. The van der Waals surface area contributed by atoms with Crippen molar-refractivity contribution in [3.8, 4) is 11.5 Å². The van der Waals surface area contributed by atoms with Crippen LogP contribution in [-0.2, 0) is 6.54 Å². The molecule has 0 spiro atoms. The number of rotatable bonds is 6. The fourth-order valence-electron chi connectivity index (χ4n) is 1.87. The molecule has 0 radical (unpaired) electrons. The van der Waals surface area contributed by atoms with E-state index < -0.39 is 0 Å². The van der Waals surface area contributed by atoms with Crippen molar-refractivity contribution in [3.63, 3.8) is 0 Å². The molecule has 0 aliphatic rings. The van der Waals surface area contributed by atoms with Crippen LogP contribution < -0.4 is 9.47 Å². The van der Waals surface area contributed by atoms with Crippen LogP contribution in [0.2, 0.25) is 0 Å². The van der Waals surface area contributed by atoms with Gasteiger partial charge < -0.3 is 14.0 Å². The van der Waals surface area contributed by atoms with Crippen molar-refractivity contribution in [2.45, 2.75) is 27.3 Å². The number of hydrogen-bond acceptors (Lipinski definition) is 3. The van der Waals surface area contributed by atoms with Gasteiger partial charge in [-0.15, -0.1) is 0 Å². The van der Waals surface area contributed by atoms with E-state index in [4.69, 9.17) is 9.47 Å². The molecule has 102 valence electrons. The molecular weight excluding hydrogens is 240 g/mol. The number of para-hydroxylation sites is 2. The summed E-state index contributed by atoms with van der Waals surface area (Å²) in [4.78, 5) is 4.27. The smallest absolute Gasteiger partial charge is 0.161 e. The Morgan fingerprint density at radius 1 is 1.11 bits per heavy atom. The van der Waals surface area contributed by atoms with Gasteiger partial charge in [-0.05, 0) is 32.9 Å². The van der Waals surface area contributed by atoms with Crippen molar-refractivity contribution >= 4 is 0 Å². The molecule has 4 nitrogen and oxygen atoms in total. The van der Waals surface area contributed by atoms with Crippen LogP contribution >= 0.6 is 0 Å². The molecule has 0 atom stereocenters. The summed E-state index contributed by atoms with van der Waals surface area (Å²) < 4.78 is 13.4. The summed E-state index contributed by atoms with van der Waals surface area (Å²) in [6.45, 7) is 8.07. The minimum atomic E-state index is 0.598. The molecule has 1 aromatic heterocycles. The summed E-state index contributed by atoms with van der Waals surface area (Å²) in [6.07, 6.45) is 1.85. The van der Waals surface area contributed by atoms with Gasteiger partial charge in [0.2, 0.25) is 0 Å². The zero-order valence-corrected chi connectivity index (χ0v) is 11.7. The van der Waals surface area contributed by atoms with Gasteiger partial charge in [0.25, 0.3) is 0 Å². The van der Waals surface area contributed by atoms with Gasteiger partial charge in [-0.1, -0.05) is 12.1 Å². The maximum absolute atomic E-state index is 5.78. The van der Waals surface area contributed by atoms with Gasteiger partial charge in [-0.3, -0.25) is 0 Å². The number of aromatic nitrogens is 2. The van der Waals surface area contributed by atoms with Crippen LogP contribution in [0.1, 0.15) is 18.3 Å². The zero-order chi connectivity index (χ0) is 13.7. The van der Waals surface area contributed by atoms with Crippen LogP contribution in [0.5, 0.6) is 11.5 Å². The first-order valence-corrected chi connectivity index (χ1v) is 6.55. The molecule has 1 aromatic carbocycles. The first-order valence-electron chi connectivity index (χ1n) is 6.55. The highest BCUT2D eigenvalue weighted by atomic mass is 16.5. The van der Waals surface area contributed by atoms with Gasteiger partial charge in [-0.25, -0.2) is 4.98 Å². The van der Waals surface area contributed by atoms with Crippen LogP contribution in [0.15, 0.2) is 30.6 Å². The van der Waals surface area contributed by atoms with Crippen LogP contribution in [0, 0.1) is 13.8 Å². The molecule has 0 saturated heterocycles. The maximum atomic E-state index is 5.78. The van der Waals surface area contributed by atoms with Crippen molar-refractivity contribution < 1.29 is 9.47 Å². The van der Waals surface area contributed by atoms with Crippen LogP contribution in [-0.4, -0.2) is 22.8 Å². The number of ether oxygens (including phenoxy) is 2. The predicted molar refractivity (Wildman–Crippen MR) is 74.8 cm³/mol. The SMILES string of the molecule is CCOc1ccccc1OCCn1cnc(C)c1C. The second kappa shape index (κ2) is 6.27. The Labute approximate surface area is 114 Å². The monoisotopic (exact) mass is 260 g/mol. The molecule has 0 saturated carbocycles. The van der Waals surface area contributed by atoms with Gasteiger partial charge in [0, 0.05) is 5.69 Å². The van der Waals surface area contributed by atoms with E-state index >= 15 is 0 Å². The fourth-order valence-corrected chi connectivity index (χ4v) is 1.87. The number of hydrogen-bond donors (Lipinski definition) is 0. The molecule has 0 aliphatic carbocycles. The average molecular weight is 260 g/mol. The largest absolute Gasteiger partial charge is 0.490 e. The zero-order valence-electron chi connectivity index (χ0n) is 11.7. The fraction of sp³-hybridized carbons (Fsp3) is 0.400. The molecule has 0 fully saturated rings. The first-order chi connectivity index (χ1) is 9.22. The van der Waals surface area contributed by atoms with E-state index in [1.807, 2.05) is 44.4 Å². The van der Waals surface area contributed by atoms with E-state index in [0.717, 1.165) is 23.7 Å². The Hall–Kier alpha value is -1.97. The van der Waals surface area contributed by atoms with Gasteiger partial charge in [0.1, 0.15) is 6.61 Å². The van der Waals surface area contributed by atoms with Crippen molar-refractivity contribution in [1.82, 2.24) is 9.55 Å². The van der Waals surface area contributed by atoms with Gasteiger partial charge in [0.05, 0.1) is 25.2 Å². The Bertz CT molecular complexity index is 535. The molecule has 0 aliphatic heterocycles. The lowest BCUT2D eigenvalue weighted by atomic mass is 10.3. The summed E-state index contributed by atoms with van der Waals surface area (Å²) in [6, 6.07) is 7.74. The third-order valence-corrected chi connectivity index (χ3v) is 3.08. The van der Waals surface area contributed by atoms with Gasteiger partial charge in [0.15, 0.2) is 11.5 Å². The van der Waals surface area contributed by atoms with Crippen LogP contribution in [0.3, 0.4) is 0 Å². The summed E-state index contributed by atoms with van der Waals surface area (Å²) in [7, 11) is 0. The highest BCUT2D eigenvalue weighted by Crippen LogP contribution is 2.26. The summed E-state index contributed by atoms with van der Waals surface area (Å²) in [5.41, 5.74) is 2.25. The molecule has 2 aromatic rings. The lowest BCUT2D eigenvalue weighted by Gasteiger charge is -2.12. The van der Waals surface area contributed by atoms with E-state index in [-0.39, 0.29) is 0 Å². The second-order valence-corrected chi connectivity index (χ2v) is 4.34. The maximum Gasteiger partial charge on any atom is 0.161 e. The average Bonchev–Trinajstić information content (AvgIpc) is 2.73. The third-order valence-electron chi connectivity index (χ3n) is 3.08. The summed E-state index contributed by atoms with van der Waals surface area (Å²) >= 11 is 0. The molecule has 2 rings (SSSR count). The number of nitrogens with zero attached hydrogens (tertiary/aromatic N) is 2. The van der Waals surface area contributed by atoms with Crippen molar-refractivity contribution in [3.05, 3.63) is 42.0 Å². The number of imidazole rings is 1. The Kier molecular flexibility index (Phi) is 4.44. The van der Waals surface area contributed by atoms with E-state index in [1.54, 1.807) is 0 Å². The summed E-state index contributed by atoms with van der Waals surface area (Å²) in [5.74, 6) is 1.59. The molecule has 0 N–H and O–H groups in total. The third kappa shape index (κ3) is 3.28. The van der Waals surface area contributed by atoms with Crippen LogP contribution in [0.4, 0.5) is 0 Å². The molecule has 4 heteroatoms. The molecular formula is C15H20N2O2. The Morgan fingerprint density at radius 3 is 2.37 bits per heavy atom. The number of benzene rings is 1. The Balaban J connectivity index is 1.94. The molecule has 19 heavy (non-hydrogen) atoms. The molecule has 0 bridgehead atoms. The minimum absolute atomic E-state index is 0.598. The van der Waals surface area contributed by atoms with E-state index in [9.17, 15) is 0 Å². The molecule has 0 amide bonds. The normalized spacial score (nSPS) is 10.5. The quantitative estimate of drug-likeness (QED) is 0.801. The highest BCUT2D eigenvalue weighted by molar-refractivity contribution is 5.39. The van der Waals surface area contributed by atoms with Crippen LogP contribution in [0.25, 0.3) is 0 Å². The van der Waals surface area contributed by atoms with E-state index in [0.29, 0.717) is 13.2 Å². The van der Waals surface area contributed by atoms with Crippen molar-refractivity contribution in [2.75, 3.05) is 13.2 Å². The van der Waals surface area contributed by atoms with Crippen molar-refractivity contribution in [1.29, 1.82) is 0 Å². The predicted octanol–water partition coefficient (Wildman–Crippen LogP) is 2.98. The Morgan fingerprint density at radius 2 is 1.79 bits per heavy atom. The lowest BCUT2D eigenvalue weighted by molar-refractivity contribution is 0.266. The topological polar surface area (TPSA) is 36.3 Å². The van der Waals surface area contributed by atoms with Crippen molar-refractivity contribution in [2.24, 2.45) is 0 Å².